The maximum absolute atomic E-state index is 11.2. The molecule has 0 aliphatic rings. The van der Waals surface area contributed by atoms with Crippen molar-refractivity contribution in [3.8, 4) is 11.5 Å². The average Bonchev–Trinajstić information content (AvgIpc) is 2.55. The van der Waals surface area contributed by atoms with Crippen LogP contribution in [0.4, 0.5) is 0 Å². The first-order valence-corrected chi connectivity index (χ1v) is 7.44. The Morgan fingerprint density at radius 1 is 0.913 bits per heavy atom. The van der Waals surface area contributed by atoms with Gasteiger partial charge in [0.05, 0.1) is 6.21 Å². The Bertz CT molecular complexity index is 651. The van der Waals surface area contributed by atoms with Crippen LogP contribution < -0.4 is 5.73 Å². The number of aromatic hydroxyl groups is 2. The molecule has 0 heterocycles. The molecule has 0 saturated carbocycles. The number of hydrogen-bond donors (Lipinski definition) is 3. The van der Waals surface area contributed by atoms with Crippen molar-refractivity contribution >= 4 is 12.5 Å². The number of benzene rings is 2. The van der Waals surface area contributed by atoms with Gasteiger partial charge in [-0.3, -0.25) is 4.99 Å². The summed E-state index contributed by atoms with van der Waals surface area (Å²) in [5.74, 6) is 0.435. The number of phenols is 2. The van der Waals surface area contributed by atoms with Gasteiger partial charge >= 0.3 is 0 Å². The van der Waals surface area contributed by atoms with E-state index in [2.05, 4.69) is 10.7 Å². The van der Waals surface area contributed by atoms with E-state index in [1.54, 1.807) is 42.6 Å². The molecule has 2 rings (SSSR count). The number of nitrogens with zero attached hydrogens (tertiary/aromatic N) is 1. The number of aliphatic imine (C=N–C) groups is 1. The summed E-state index contributed by atoms with van der Waals surface area (Å²) in [5, 5.41) is 18.5. The predicted octanol–water partition coefficient (Wildman–Crippen LogP) is 1.13. The number of carbonyl (C=O) groups excluding carboxylic acids is 1. The van der Waals surface area contributed by atoms with Crippen LogP contribution in [0, 0.1) is 0 Å². The van der Waals surface area contributed by atoms with Crippen LogP contribution in [0.1, 0.15) is 11.1 Å². The lowest BCUT2D eigenvalue weighted by atomic mass is 10.1. The average molecular weight is 313 g/mol. The van der Waals surface area contributed by atoms with Gasteiger partial charge in [0, 0.05) is 12.8 Å². The number of rotatable bonds is 7. The molecule has 23 heavy (non-hydrogen) atoms. The fraction of sp³-hybridized carbons (Fsp3) is 0.222. The molecular formula is C18H21N2O3+. The van der Waals surface area contributed by atoms with Gasteiger partial charge in [-0.15, -0.1) is 0 Å². The Morgan fingerprint density at radius 3 is 1.87 bits per heavy atom. The molecule has 0 bridgehead atoms. The topological polar surface area (TPSA) is 97.5 Å². The summed E-state index contributed by atoms with van der Waals surface area (Å²) in [5.41, 5.74) is 6.01. The largest absolute Gasteiger partial charge is 0.508 e. The van der Waals surface area contributed by atoms with Crippen LogP contribution in [0.25, 0.3) is 0 Å². The van der Waals surface area contributed by atoms with Gasteiger partial charge in [-0.05, 0) is 35.4 Å². The fourth-order valence-corrected chi connectivity index (χ4v) is 2.23. The number of aldehydes is 1. The van der Waals surface area contributed by atoms with Crippen molar-refractivity contribution in [3.63, 3.8) is 0 Å². The number of carbonyl (C=O) groups is 1. The second-order valence-electron chi connectivity index (χ2n) is 5.50. The number of quaternary nitrogens is 1. The van der Waals surface area contributed by atoms with Crippen molar-refractivity contribution < 1.29 is 20.7 Å². The zero-order valence-electron chi connectivity index (χ0n) is 12.8. The smallest absolute Gasteiger partial charge is 0.144 e. The van der Waals surface area contributed by atoms with E-state index in [4.69, 9.17) is 0 Å². The highest BCUT2D eigenvalue weighted by Gasteiger charge is 2.09. The van der Waals surface area contributed by atoms with Crippen LogP contribution in [0.3, 0.4) is 0 Å². The van der Waals surface area contributed by atoms with E-state index in [0.29, 0.717) is 12.8 Å². The predicted molar refractivity (Wildman–Crippen MR) is 88.6 cm³/mol. The molecule has 120 valence electrons. The maximum atomic E-state index is 11.2. The zero-order valence-corrected chi connectivity index (χ0v) is 12.8. The maximum Gasteiger partial charge on any atom is 0.144 e. The van der Waals surface area contributed by atoms with Crippen LogP contribution >= 0.6 is 0 Å². The van der Waals surface area contributed by atoms with Crippen LogP contribution in [0.15, 0.2) is 53.5 Å². The van der Waals surface area contributed by atoms with E-state index in [-0.39, 0.29) is 17.5 Å². The molecule has 2 aromatic carbocycles. The van der Waals surface area contributed by atoms with Crippen molar-refractivity contribution in [2.45, 2.75) is 24.9 Å². The summed E-state index contributed by atoms with van der Waals surface area (Å²) in [7, 11) is 0. The standard InChI is InChI=1S/C18H20N2O3/c19-15(9-13-1-5-17(22)6-2-13)11-20-16(12-21)10-14-3-7-18(23)8-4-14/h1-8,11-12,15-16,22-23H,9-10,19H2/p+1/t15-,16-/m0/s1. The van der Waals surface area contributed by atoms with Crippen LogP contribution in [-0.2, 0) is 17.6 Å². The minimum atomic E-state index is -0.455. The molecule has 0 radical (unpaired) electrons. The fourth-order valence-electron chi connectivity index (χ4n) is 2.23. The van der Waals surface area contributed by atoms with Crippen LogP contribution in [0.5, 0.6) is 11.5 Å². The molecule has 5 heteroatoms. The van der Waals surface area contributed by atoms with Crippen LogP contribution in [0.2, 0.25) is 0 Å². The molecule has 2 atom stereocenters. The minimum Gasteiger partial charge on any atom is -0.508 e. The summed E-state index contributed by atoms with van der Waals surface area (Å²) in [6, 6.07) is 13.2. The van der Waals surface area contributed by atoms with Crippen molar-refractivity contribution in [2.75, 3.05) is 0 Å². The normalized spacial score (nSPS) is 13.8. The Hall–Kier alpha value is -2.66. The van der Waals surface area contributed by atoms with Gasteiger partial charge in [0.25, 0.3) is 0 Å². The van der Waals surface area contributed by atoms with E-state index < -0.39 is 6.04 Å². The third-order valence-corrected chi connectivity index (χ3v) is 3.46. The van der Waals surface area contributed by atoms with Crippen molar-refractivity contribution in [1.82, 2.24) is 0 Å². The first-order chi connectivity index (χ1) is 11.1. The first kappa shape index (κ1) is 16.7. The Labute approximate surface area is 135 Å². The van der Waals surface area contributed by atoms with Gasteiger partial charge in [0.1, 0.15) is 29.9 Å². The molecule has 0 aromatic heterocycles. The van der Waals surface area contributed by atoms with Gasteiger partial charge in [0.15, 0.2) is 0 Å². The summed E-state index contributed by atoms with van der Waals surface area (Å²) >= 11 is 0. The molecule has 0 aliphatic heterocycles. The Balaban J connectivity index is 1.91. The minimum absolute atomic E-state index is 0.0539. The van der Waals surface area contributed by atoms with E-state index in [1.807, 2.05) is 12.1 Å². The third kappa shape index (κ3) is 5.56. The quantitative estimate of drug-likeness (QED) is 0.528. The number of hydrogen-bond acceptors (Lipinski definition) is 4. The lowest BCUT2D eigenvalue weighted by molar-refractivity contribution is -0.392. The van der Waals surface area contributed by atoms with Crippen molar-refractivity contribution in [3.05, 3.63) is 59.7 Å². The summed E-state index contributed by atoms with van der Waals surface area (Å²) in [4.78, 5) is 15.5. The van der Waals surface area contributed by atoms with Gasteiger partial charge in [-0.2, -0.15) is 0 Å². The Morgan fingerprint density at radius 2 is 1.39 bits per heavy atom. The van der Waals surface area contributed by atoms with Gasteiger partial charge in [0.2, 0.25) is 0 Å². The number of phenolic OH excluding ortho intramolecular Hbond substituents is 2. The highest BCUT2D eigenvalue weighted by Crippen LogP contribution is 2.12. The second kappa shape index (κ2) is 8.10. The highest BCUT2D eigenvalue weighted by molar-refractivity contribution is 5.68. The molecule has 0 saturated heterocycles. The van der Waals surface area contributed by atoms with Gasteiger partial charge < -0.3 is 20.7 Å². The Kier molecular flexibility index (Phi) is 5.88. The lowest BCUT2D eigenvalue weighted by Crippen LogP contribution is -2.63. The SMILES string of the molecule is [NH3+][C@H](C=N[C@H](C=O)Cc1ccc(O)cc1)Cc1ccc(O)cc1. The summed E-state index contributed by atoms with van der Waals surface area (Å²) in [6.45, 7) is 0. The lowest BCUT2D eigenvalue weighted by Gasteiger charge is -2.07. The summed E-state index contributed by atoms with van der Waals surface area (Å²) in [6.07, 6.45) is 3.70. The third-order valence-electron chi connectivity index (χ3n) is 3.46. The molecule has 0 amide bonds. The monoisotopic (exact) mass is 313 g/mol. The molecular weight excluding hydrogens is 292 g/mol. The van der Waals surface area contributed by atoms with Crippen molar-refractivity contribution in [2.24, 2.45) is 4.99 Å². The van der Waals surface area contributed by atoms with Crippen molar-refractivity contribution in [1.29, 1.82) is 0 Å². The molecule has 0 unspecified atom stereocenters. The molecule has 0 aliphatic carbocycles. The van der Waals surface area contributed by atoms with E-state index in [9.17, 15) is 15.0 Å². The van der Waals surface area contributed by atoms with Gasteiger partial charge in [-0.1, -0.05) is 24.3 Å². The van der Waals surface area contributed by atoms with E-state index >= 15 is 0 Å². The summed E-state index contributed by atoms with van der Waals surface area (Å²) < 4.78 is 0. The molecule has 5 nitrogen and oxygen atoms in total. The first-order valence-electron chi connectivity index (χ1n) is 7.44. The van der Waals surface area contributed by atoms with E-state index in [1.165, 1.54) is 0 Å². The van der Waals surface area contributed by atoms with E-state index in [0.717, 1.165) is 17.4 Å². The zero-order chi connectivity index (χ0) is 16.7. The molecule has 0 fully saturated rings. The molecule has 5 N–H and O–H groups in total. The molecule has 2 aromatic rings. The highest BCUT2D eigenvalue weighted by atomic mass is 16.3. The second-order valence-corrected chi connectivity index (χ2v) is 5.50. The van der Waals surface area contributed by atoms with Gasteiger partial charge in [-0.25, -0.2) is 0 Å². The molecule has 0 spiro atoms. The van der Waals surface area contributed by atoms with Crippen LogP contribution in [-0.4, -0.2) is 34.8 Å².